The number of hydrogen-bond acceptors (Lipinski definition) is 4. The Hall–Kier alpha value is -1.24. The Balaban J connectivity index is 1.89. The smallest absolute Gasteiger partial charge is 0.211 e. The van der Waals surface area contributed by atoms with Crippen LogP contribution < -0.4 is 0 Å². The predicted molar refractivity (Wildman–Crippen MR) is 67.6 cm³/mol. The Labute approximate surface area is 108 Å². The average Bonchev–Trinajstić information content (AvgIpc) is 2.84. The lowest BCUT2D eigenvalue weighted by Gasteiger charge is -2.31. The van der Waals surface area contributed by atoms with Crippen LogP contribution in [-0.2, 0) is 9.59 Å². The summed E-state index contributed by atoms with van der Waals surface area (Å²) in [5.41, 5.74) is 0.451. The number of hydrogen-bond donors (Lipinski definition) is 0. The molecule has 0 spiro atoms. The summed E-state index contributed by atoms with van der Waals surface area (Å²) < 4.78 is 0. The second-order valence-electron chi connectivity index (χ2n) is 6.15. The third-order valence-electron chi connectivity index (χ3n) is 4.75. The Morgan fingerprint density at radius 2 is 1.83 bits per heavy atom. The van der Waals surface area contributed by atoms with Gasteiger partial charge in [0, 0.05) is 0 Å². The molecule has 0 aromatic heterocycles. The minimum Gasteiger partial charge on any atom is -0.211 e. The van der Waals surface area contributed by atoms with E-state index >= 15 is 0 Å². The molecule has 4 heteroatoms. The van der Waals surface area contributed by atoms with Crippen LogP contribution in [0.5, 0.6) is 0 Å². The molecule has 2 fully saturated rings. The molecule has 4 unspecified atom stereocenters. The lowest BCUT2D eigenvalue weighted by molar-refractivity contribution is 0.191. The molecule has 0 heterocycles. The van der Waals surface area contributed by atoms with E-state index in [1.807, 2.05) is 0 Å². The molecule has 2 bridgehead atoms. The summed E-state index contributed by atoms with van der Waals surface area (Å²) in [4.78, 5) is 27.6. The van der Waals surface area contributed by atoms with Gasteiger partial charge in [0.15, 0.2) is 0 Å². The number of rotatable bonds is 6. The first-order chi connectivity index (χ1) is 8.68. The van der Waals surface area contributed by atoms with Crippen LogP contribution in [0, 0.1) is 23.2 Å². The molecule has 2 rings (SSSR count). The van der Waals surface area contributed by atoms with Crippen LogP contribution >= 0.6 is 0 Å². The van der Waals surface area contributed by atoms with Gasteiger partial charge >= 0.3 is 0 Å². The van der Waals surface area contributed by atoms with Crippen molar-refractivity contribution in [3.8, 4) is 0 Å². The third-order valence-corrected chi connectivity index (χ3v) is 4.75. The fourth-order valence-corrected chi connectivity index (χ4v) is 4.25. The number of fused-ring (bicyclic) bond motifs is 2. The number of aliphatic imine (C=N–C) groups is 2. The van der Waals surface area contributed by atoms with E-state index in [0.717, 1.165) is 18.8 Å². The van der Waals surface area contributed by atoms with Crippen LogP contribution in [0.4, 0.5) is 0 Å². The Kier molecular flexibility index (Phi) is 4.11. The highest BCUT2D eigenvalue weighted by Gasteiger charge is 2.52. The zero-order valence-electron chi connectivity index (χ0n) is 10.9. The highest BCUT2D eigenvalue weighted by molar-refractivity contribution is 5.33. The molecule has 2 aliphatic rings. The van der Waals surface area contributed by atoms with E-state index < -0.39 is 0 Å². The van der Waals surface area contributed by atoms with E-state index in [1.54, 1.807) is 12.2 Å². The molecule has 0 radical (unpaired) electrons. The predicted octanol–water partition coefficient (Wildman–Crippen LogP) is 2.49. The first-order valence-electron chi connectivity index (χ1n) is 6.76. The van der Waals surface area contributed by atoms with Gasteiger partial charge in [-0.25, -0.2) is 19.6 Å². The maximum absolute atomic E-state index is 10.2. The topological polar surface area (TPSA) is 58.9 Å². The second kappa shape index (κ2) is 5.60. The van der Waals surface area contributed by atoms with Crippen molar-refractivity contribution in [2.45, 2.75) is 39.0 Å². The molecular weight excluding hydrogens is 228 g/mol. The van der Waals surface area contributed by atoms with Crippen molar-refractivity contribution in [1.29, 1.82) is 0 Å². The molecule has 0 aromatic carbocycles. The zero-order valence-corrected chi connectivity index (χ0v) is 10.9. The standard InChI is InChI=1S/C14H20N2O2/c1-14-5-11(3-2-4-15-9-17)13(7-14)12(6-14)8-16-10-18/h11-13H,2-8H2,1H3. The van der Waals surface area contributed by atoms with Crippen molar-refractivity contribution in [3.63, 3.8) is 0 Å². The molecule has 2 aliphatic carbocycles. The molecule has 0 amide bonds. The number of carbonyl (C=O) groups excluding carboxylic acids is 2. The third kappa shape index (κ3) is 2.77. The summed E-state index contributed by atoms with van der Waals surface area (Å²) in [6, 6.07) is 0. The quantitative estimate of drug-likeness (QED) is 0.412. The molecule has 0 saturated heterocycles. The van der Waals surface area contributed by atoms with Gasteiger partial charge in [0.2, 0.25) is 12.2 Å². The largest absolute Gasteiger partial charge is 0.234 e. The molecule has 0 aromatic rings. The molecule has 4 atom stereocenters. The summed E-state index contributed by atoms with van der Waals surface area (Å²) in [5.74, 6) is 1.98. The molecule has 4 nitrogen and oxygen atoms in total. The van der Waals surface area contributed by atoms with Gasteiger partial charge in [-0.3, -0.25) is 0 Å². The van der Waals surface area contributed by atoms with E-state index in [0.29, 0.717) is 30.3 Å². The van der Waals surface area contributed by atoms with Crippen molar-refractivity contribution in [2.75, 3.05) is 13.1 Å². The molecule has 0 N–H and O–H groups in total. The average molecular weight is 248 g/mol. The minimum absolute atomic E-state index is 0.451. The maximum Gasteiger partial charge on any atom is 0.234 e. The Bertz CT molecular complexity index is 397. The minimum atomic E-state index is 0.451. The summed E-state index contributed by atoms with van der Waals surface area (Å²) in [5, 5.41) is 0. The van der Waals surface area contributed by atoms with Crippen molar-refractivity contribution in [3.05, 3.63) is 0 Å². The first kappa shape index (κ1) is 13.2. The zero-order chi connectivity index (χ0) is 13.0. The van der Waals surface area contributed by atoms with Crippen molar-refractivity contribution < 1.29 is 9.59 Å². The van der Waals surface area contributed by atoms with Crippen LogP contribution in [0.3, 0.4) is 0 Å². The van der Waals surface area contributed by atoms with E-state index in [4.69, 9.17) is 0 Å². The number of nitrogens with zero attached hydrogens (tertiary/aromatic N) is 2. The van der Waals surface area contributed by atoms with Crippen molar-refractivity contribution >= 4 is 12.2 Å². The van der Waals surface area contributed by atoms with Crippen LogP contribution in [0.1, 0.15) is 39.0 Å². The summed E-state index contributed by atoms with van der Waals surface area (Å²) in [6.07, 6.45) is 9.10. The van der Waals surface area contributed by atoms with Crippen LogP contribution in [-0.4, -0.2) is 25.2 Å². The molecular formula is C14H20N2O2. The first-order valence-corrected chi connectivity index (χ1v) is 6.76. The molecule has 2 saturated carbocycles. The summed E-state index contributed by atoms with van der Waals surface area (Å²) in [7, 11) is 0. The van der Waals surface area contributed by atoms with Gasteiger partial charge < -0.3 is 0 Å². The van der Waals surface area contributed by atoms with Gasteiger partial charge in [0.25, 0.3) is 0 Å². The lowest BCUT2D eigenvalue weighted by atomic mass is 9.74. The van der Waals surface area contributed by atoms with E-state index in [-0.39, 0.29) is 0 Å². The summed E-state index contributed by atoms with van der Waals surface area (Å²) in [6.45, 7) is 3.60. The maximum atomic E-state index is 10.2. The van der Waals surface area contributed by atoms with E-state index in [1.165, 1.54) is 19.3 Å². The van der Waals surface area contributed by atoms with Gasteiger partial charge in [-0.05, 0) is 55.3 Å². The van der Waals surface area contributed by atoms with Crippen molar-refractivity contribution in [1.82, 2.24) is 0 Å². The van der Waals surface area contributed by atoms with Crippen LogP contribution in [0.15, 0.2) is 9.98 Å². The molecule has 98 valence electrons. The summed E-state index contributed by atoms with van der Waals surface area (Å²) >= 11 is 0. The van der Waals surface area contributed by atoms with E-state index in [2.05, 4.69) is 16.9 Å². The second-order valence-corrected chi connectivity index (χ2v) is 6.15. The normalized spacial score (nSPS) is 37.1. The van der Waals surface area contributed by atoms with Gasteiger partial charge in [-0.15, -0.1) is 0 Å². The van der Waals surface area contributed by atoms with E-state index in [9.17, 15) is 9.59 Å². The van der Waals surface area contributed by atoms with Gasteiger partial charge in [0.1, 0.15) is 0 Å². The molecule has 18 heavy (non-hydrogen) atoms. The van der Waals surface area contributed by atoms with Crippen LogP contribution in [0.25, 0.3) is 0 Å². The molecule has 0 aliphatic heterocycles. The van der Waals surface area contributed by atoms with Gasteiger partial charge in [-0.1, -0.05) is 6.92 Å². The number of isocyanates is 2. The van der Waals surface area contributed by atoms with Crippen molar-refractivity contribution in [2.24, 2.45) is 33.2 Å². The lowest BCUT2D eigenvalue weighted by Crippen LogP contribution is -2.25. The highest BCUT2D eigenvalue weighted by atomic mass is 16.1. The Morgan fingerprint density at radius 3 is 2.50 bits per heavy atom. The van der Waals surface area contributed by atoms with Crippen LogP contribution in [0.2, 0.25) is 0 Å². The Morgan fingerprint density at radius 1 is 1.11 bits per heavy atom. The SMILES string of the molecule is CC12CC(CCCN=C=O)C(C1)C(CN=C=O)C2. The fourth-order valence-electron chi connectivity index (χ4n) is 4.25. The monoisotopic (exact) mass is 248 g/mol. The van der Waals surface area contributed by atoms with Gasteiger partial charge in [0.05, 0.1) is 13.1 Å². The van der Waals surface area contributed by atoms with Gasteiger partial charge in [-0.2, -0.15) is 0 Å². The highest BCUT2D eigenvalue weighted by Crippen LogP contribution is 2.60. The fraction of sp³-hybridized carbons (Fsp3) is 0.857.